The molecular weight excluding hydrogens is 256 g/mol. The zero-order valence-electron chi connectivity index (χ0n) is 14.2. The van der Waals surface area contributed by atoms with Crippen LogP contribution in [-0.4, -0.2) is 20.1 Å². The van der Waals surface area contributed by atoms with Gasteiger partial charge in [0, 0.05) is 32.4 Å². The molecule has 0 aromatic heterocycles. The molecule has 0 amide bonds. The molecule has 0 heterocycles. The van der Waals surface area contributed by atoms with Crippen LogP contribution in [0.15, 0.2) is 24.3 Å². The molecule has 2 heteroatoms. The molecule has 0 saturated heterocycles. The highest BCUT2D eigenvalue weighted by Crippen LogP contribution is 2.62. The van der Waals surface area contributed by atoms with Crippen molar-refractivity contribution in [2.24, 2.45) is 16.7 Å². The van der Waals surface area contributed by atoms with Crippen molar-refractivity contribution in [2.45, 2.75) is 52.6 Å². The third-order valence-electron chi connectivity index (χ3n) is 6.23. The van der Waals surface area contributed by atoms with Crippen molar-refractivity contribution in [2.75, 3.05) is 19.0 Å². The number of anilines is 1. The standard InChI is InChI=1S/C19H30N2/c1-18(2)15-10-11-19(3,12-15)17(18)20-13-14-6-8-16(9-7-14)21(4)5/h6-9,15,17,20H,10-13H2,1-5H3/t15-,17?,19+/m0/s1. The van der Waals surface area contributed by atoms with Gasteiger partial charge in [-0.2, -0.15) is 0 Å². The third kappa shape index (κ3) is 2.48. The Labute approximate surface area is 129 Å². The van der Waals surface area contributed by atoms with Crippen molar-refractivity contribution in [3.8, 4) is 0 Å². The molecule has 21 heavy (non-hydrogen) atoms. The van der Waals surface area contributed by atoms with E-state index in [4.69, 9.17) is 0 Å². The van der Waals surface area contributed by atoms with Crippen LogP contribution in [0.5, 0.6) is 0 Å². The zero-order chi connectivity index (χ0) is 15.3. The Balaban J connectivity index is 1.67. The maximum atomic E-state index is 3.90. The normalized spacial score (nSPS) is 33.4. The monoisotopic (exact) mass is 286 g/mol. The van der Waals surface area contributed by atoms with E-state index in [2.05, 4.69) is 69.3 Å². The smallest absolute Gasteiger partial charge is 0.0361 e. The SMILES string of the molecule is CN(C)c1ccc(CNC2C(C)(C)[C@H]3CC[C@]2(C)C3)cc1. The van der Waals surface area contributed by atoms with Gasteiger partial charge in [0.2, 0.25) is 0 Å². The van der Waals surface area contributed by atoms with Gasteiger partial charge in [0.05, 0.1) is 0 Å². The summed E-state index contributed by atoms with van der Waals surface area (Å²) in [5, 5.41) is 3.90. The van der Waals surface area contributed by atoms with Crippen LogP contribution in [0.3, 0.4) is 0 Å². The van der Waals surface area contributed by atoms with Gasteiger partial charge in [-0.3, -0.25) is 0 Å². The van der Waals surface area contributed by atoms with Gasteiger partial charge in [0.25, 0.3) is 0 Å². The van der Waals surface area contributed by atoms with Gasteiger partial charge in [-0.1, -0.05) is 32.9 Å². The summed E-state index contributed by atoms with van der Waals surface area (Å²) in [7, 11) is 4.18. The first-order chi connectivity index (χ1) is 9.83. The Hall–Kier alpha value is -1.02. The average Bonchev–Trinajstić information content (AvgIpc) is 2.90. The number of nitrogens with zero attached hydrogens (tertiary/aromatic N) is 1. The van der Waals surface area contributed by atoms with Crippen LogP contribution in [0.4, 0.5) is 5.69 Å². The molecule has 2 nitrogen and oxygen atoms in total. The average molecular weight is 286 g/mol. The van der Waals surface area contributed by atoms with E-state index in [1.165, 1.54) is 30.5 Å². The largest absolute Gasteiger partial charge is 0.378 e. The van der Waals surface area contributed by atoms with Crippen molar-refractivity contribution in [1.29, 1.82) is 0 Å². The molecule has 3 rings (SSSR count). The summed E-state index contributed by atoms with van der Waals surface area (Å²) in [4.78, 5) is 2.15. The molecule has 0 spiro atoms. The van der Waals surface area contributed by atoms with Gasteiger partial charge >= 0.3 is 0 Å². The van der Waals surface area contributed by atoms with Crippen LogP contribution < -0.4 is 10.2 Å². The second kappa shape index (κ2) is 5.01. The van der Waals surface area contributed by atoms with E-state index >= 15 is 0 Å². The maximum Gasteiger partial charge on any atom is 0.0361 e. The van der Waals surface area contributed by atoms with Gasteiger partial charge in [0.1, 0.15) is 0 Å². The van der Waals surface area contributed by atoms with E-state index in [-0.39, 0.29) is 0 Å². The lowest BCUT2D eigenvalue weighted by Crippen LogP contribution is -2.49. The summed E-state index contributed by atoms with van der Waals surface area (Å²) >= 11 is 0. The van der Waals surface area contributed by atoms with Crippen LogP contribution >= 0.6 is 0 Å². The first-order valence-corrected chi connectivity index (χ1v) is 8.32. The number of rotatable bonds is 4. The molecule has 2 fully saturated rings. The predicted molar refractivity (Wildman–Crippen MR) is 90.6 cm³/mol. The highest BCUT2D eigenvalue weighted by molar-refractivity contribution is 5.46. The highest BCUT2D eigenvalue weighted by Gasteiger charge is 2.58. The Morgan fingerprint density at radius 3 is 2.33 bits per heavy atom. The topological polar surface area (TPSA) is 15.3 Å². The van der Waals surface area contributed by atoms with Gasteiger partial charge in [-0.25, -0.2) is 0 Å². The molecule has 2 aliphatic rings. The van der Waals surface area contributed by atoms with E-state index in [1.54, 1.807) is 0 Å². The number of hydrogen-bond acceptors (Lipinski definition) is 2. The highest BCUT2D eigenvalue weighted by atomic mass is 15.1. The van der Waals surface area contributed by atoms with Crippen LogP contribution in [0.2, 0.25) is 0 Å². The number of fused-ring (bicyclic) bond motifs is 2. The van der Waals surface area contributed by atoms with E-state index in [9.17, 15) is 0 Å². The summed E-state index contributed by atoms with van der Waals surface area (Å²) in [6, 6.07) is 9.59. The Bertz CT molecular complexity index is 498. The second-order valence-electron chi connectivity index (χ2n) is 8.29. The molecule has 1 unspecified atom stereocenters. The van der Waals surface area contributed by atoms with Gasteiger partial charge in [-0.05, 0) is 53.7 Å². The first kappa shape index (κ1) is 14.9. The Kier molecular flexibility index (Phi) is 3.56. The molecule has 1 N–H and O–H groups in total. The van der Waals surface area contributed by atoms with Crippen molar-refractivity contribution in [3.63, 3.8) is 0 Å². The quantitative estimate of drug-likeness (QED) is 0.898. The van der Waals surface area contributed by atoms with E-state index in [0.717, 1.165) is 12.5 Å². The van der Waals surface area contributed by atoms with E-state index < -0.39 is 0 Å². The minimum absolute atomic E-state index is 0.441. The van der Waals surface area contributed by atoms with Crippen LogP contribution in [0.25, 0.3) is 0 Å². The molecule has 1 aromatic rings. The fraction of sp³-hybridized carbons (Fsp3) is 0.684. The Morgan fingerprint density at radius 2 is 1.81 bits per heavy atom. The number of hydrogen-bond donors (Lipinski definition) is 1. The van der Waals surface area contributed by atoms with E-state index in [1.807, 2.05) is 0 Å². The lowest BCUT2D eigenvalue weighted by molar-refractivity contribution is 0.108. The van der Waals surface area contributed by atoms with Crippen molar-refractivity contribution in [1.82, 2.24) is 5.32 Å². The van der Waals surface area contributed by atoms with Crippen molar-refractivity contribution in [3.05, 3.63) is 29.8 Å². The number of benzene rings is 1. The predicted octanol–water partition coefficient (Wildman–Crippen LogP) is 4.06. The summed E-state index contributed by atoms with van der Waals surface area (Å²) < 4.78 is 0. The molecule has 1 aromatic carbocycles. The molecule has 0 aliphatic heterocycles. The molecule has 0 radical (unpaired) electrons. The third-order valence-corrected chi connectivity index (χ3v) is 6.23. The summed E-state index contributed by atoms with van der Waals surface area (Å²) in [6.45, 7) is 8.42. The molecule has 2 saturated carbocycles. The fourth-order valence-electron chi connectivity index (χ4n) is 4.94. The molecule has 2 bridgehead atoms. The zero-order valence-corrected chi connectivity index (χ0v) is 14.2. The summed E-state index contributed by atoms with van der Waals surface area (Å²) in [5.41, 5.74) is 3.61. The van der Waals surface area contributed by atoms with Crippen molar-refractivity contribution >= 4 is 5.69 Å². The summed E-state index contributed by atoms with van der Waals surface area (Å²) in [5.74, 6) is 0.913. The lowest BCUT2D eigenvalue weighted by Gasteiger charge is -2.43. The Morgan fingerprint density at radius 1 is 1.14 bits per heavy atom. The molecule has 116 valence electrons. The fourth-order valence-corrected chi connectivity index (χ4v) is 4.94. The summed E-state index contributed by atoms with van der Waals surface area (Å²) in [6.07, 6.45) is 4.24. The van der Waals surface area contributed by atoms with E-state index in [0.29, 0.717) is 16.9 Å². The maximum absolute atomic E-state index is 3.90. The van der Waals surface area contributed by atoms with Crippen molar-refractivity contribution < 1.29 is 0 Å². The van der Waals surface area contributed by atoms with Crippen LogP contribution in [-0.2, 0) is 6.54 Å². The van der Waals surface area contributed by atoms with Gasteiger partial charge in [-0.15, -0.1) is 0 Å². The number of nitrogens with one attached hydrogen (secondary N) is 1. The van der Waals surface area contributed by atoms with Crippen LogP contribution in [0.1, 0.15) is 45.6 Å². The van der Waals surface area contributed by atoms with Gasteiger partial charge < -0.3 is 10.2 Å². The minimum atomic E-state index is 0.441. The second-order valence-corrected chi connectivity index (χ2v) is 8.29. The lowest BCUT2D eigenvalue weighted by atomic mass is 9.68. The molecule has 2 aliphatic carbocycles. The molecule has 3 atom stereocenters. The molecular formula is C19H30N2. The first-order valence-electron chi connectivity index (χ1n) is 8.32. The minimum Gasteiger partial charge on any atom is -0.378 e. The van der Waals surface area contributed by atoms with Gasteiger partial charge in [0.15, 0.2) is 0 Å². The van der Waals surface area contributed by atoms with Crippen LogP contribution in [0, 0.1) is 16.7 Å².